The van der Waals surface area contributed by atoms with E-state index in [-0.39, 0.29) is 0 Å². The first kappa shape index (κ1) is 10.9. The van der Waals surface area contributed by atoms with Gasteiger partial charge >= 0.3 is 0 Å². The Morgan fingerprint density at radius 3 is 2.53 bits per heavy atom. The molecule has 1 heteroatoms. The van der Waals surface area contributed by atoms with E-state index in [0.29, 0.717) is 5.92 Å². The molecule has 1 heterocycles. The van der Waals surface area contributed by atoms with Gasteiger partial charge in [-0.15, -0.1) is 0 Å². The molecule has 0 radical (unpaired) electrons. The maximum atomic E-state index is 2.46. The molecule has 1 nitrogen and oxygen atoms in total. The molecular formula is C18H17N. The Bertz CT molecular complexity index is 737. The van der Waals surface area contributed by atoms with Crippen LogP contribution in [0.5, 0.6) is 0 Å². The summed E-state index contributed by atoms with van der Waals surface area (Å²) in [6.45, 7) is 2.35. The summed E-state index contributed by atoms with van der Waals surface area (Å²) >= 11 is 0. The molecule has 0 N–H and O–H groups in total. The lowest BCUT2D eigenvalue weighted by atomic mass is 10.1. The Balaban J connectivity index is 2.12. The number of aromatic nitrogens is 1. The minimum absolute atomic E-state index is 0.655. The Hall–Kier alpha value is -2.02. The van der Waals surface area contributed by atoms with E-state index in [1.165, 1.54) is 35.1 Å². The van der Waals surface area contributed by atoms with Crippen molar-refractivity contribution in [1.82, 2.24) is 4.57 Å². The number of para-hydroxylation sites is 2. The summed E-state index contributed by atoms with van der Waals surface area (Å²) in [6.07, 6.45) is 2.50. The van der Waals surface area contributed by atoms with Gasteiger partial charge in [-0.2, -0.15) is 0 Å². The SMILES string of the molecule is CC1CCc2c1n(-c1ccccc1)c1ccccc21. The lowest BCUT2D eigenvalue weighted by Gasteiger charge is -2.13. The fraction of sp³-hybridized carbons (Fsp3) is 0.222. The highest BCUT2D eigenvalue weighted by atomic mass is 15.0. The molecule has 1 aromatic heterocycles. The number of benzene rings is 2. The highest BCUT2D eigenvalue weighted by molar-refractivity contribution is 5.88. The molecular weight excluding hydrogens is 230 g/mol. The van der Waals surface area contributed by atoms with Crippen molar-refractivity contribution in [3.8, 4) is 5.69 Å². The van der Waals surface area contributed by atoms with Crippen LogP contribution in [0.1, 0.15) is 30.5 Å². The number of hydrogen-bond donors (Lipinski definition) is 0. The third-order valence-corrected chi connectivity index (χ3v) is 4.33. The van der Waals surface area contributed by atoms with Crippen LogP contribution in [0.25, 0.3) is 16.6 Å². The molecule has 1 aliphatic rings. The smallest absolute Gasteiger partial charge is 0.0534 e. The fourth-order valence-corrected chi connectivity index (χ4v) is 3.46. The summed E-state index contributed by atoms with van der Waals surface area (Å²) < 4.78 is 2.46. The van der Waals surface area contributed by atoms with Gasteiger partial charge in [0, 0.05) is 16.8 Å². The fourth-order valence-electron chi connectivity index (χ4n) is 3.46. The normalized spacial score (nSPS) is 17.8. The lowest BCUT2D eigenvalue weighted by Crippen LogP contribution is -2.01. The predicted molar refractivity (Wildman–Crippen MR) is 80.0 cm³/mol. The molecule has 2 aromatic carbocycles. The average Bonchev–Trinajstić information content (AvgIpc) is 2.99. The first-order chi connectivity index (χ1) is 9.36. The van der Waals surface area contributed by atoms with Gasteiger partial charge in [0.1, 0.15) is 0 Å². The summed E-state index contributed by atoms with van der Waals surface area (Å²) in [6, 6.07) is 19.5. The van der Waals surface area contributed by atoms with E-state index in [1.807, 2.05) is 0 Å². The minimum Gasteiger partial charge on any atom is -0.313 e. The van der Waals surface area contributed by atoms with Crippen LogP contribution in [0, 0.1) is 0 Å². The van der Waals surface area contributed by atoms with Crippen LogP contribution in [0.3, 0.4) is 0 Å². The highest BCUT2D eigenvalue weighted by Gasteiger charge is 2.27. The third-order valence-electron chi connectivity index (χ3n) is 4.33. The molecule has 0 saturated heterocycles. The Labute approximate surface area is 113 Å². The third kappa shape index (κ3) is 1.48. The number of nitrogens with zero attached hydrogens (tertiary/aromatic N) is 1. The Morgan fingerprint density at radius 2 is 1.68 bits per heavy atom. The Morgan fingerprint density at radius 1 is 0.947 bits per heavy atom. The maximum absolute atomic E-state index is 2.46. The van der Waals surface area contributed by atoms with Crippen LogP contribution < -0.4 is 0 Å². The number of rotatable bonds is 1. The van der Waals surface area contributed by atoms with Gasteiger partial charge in [0.2, 0.25) is 0 Å². The molecule has 19 heavy (non-hydrogen) atoms. The standard InChI is InChI=1S/C18H17N/c1-13-11-12-16-15-9-5-6-10-17(15)19(18(13)16)14-7-3-2-4-8-14/h2-10,13H,11-12H2,1H3. The summed E-state index contributed by atoms with van der Waals surface area (Å²) in [5, 5.41) is 1.44. The maximum Gasteiger partial charge on any atom is 0.0534 e. The van der Waals surface area contributed by atoms with E-state index in [4.69, 9.17) is 0 Å². The van der Waals surface area contributed by atoms with Crippen LogP contribution in [-0.4, -0.2) is 4.57 Å². The lowest BCUT2D eigenvalue weighted by molar-refractivity contribution is 0.715. The van der Waals surface area contributed by atoms with Gasteiger partial charge in [-0.3, -0.25) is 0 Å². The van der Waals surface area contributed by atoms with E-state index >= 15 is 0 Å². The molecule has 1 unspecified atom stereocenters. The molecule has 0 saturated carbocycles. The zero-order chi connectivity index (χ0) is 12.8. The second kappa shape index (κ2) is 3.99. The summed E-state index contributed by atoms with van der Waals surface area (Å²) in [5.74, 6) is 0.655. The zero-order valence-corrected chi connectivity index (χ0v) is 11.1. The van der Waals surface area contributed by atoms with Crippen molar-refractivity contribution in [3.63, 3.8) is 0 Å². The van der Waals surface area contributed by atoms with E-state index in [1.54, 1.807) is 5.56 Å². The molecule has 0 fully saturated rings. The summed E-state index contributed by atoms with van der Waals surface area (Å²) in [4.78, 5) is 0. The van der Waals surface area contributed by atoms with Gasteiger partial charge in [0.25, 0.3) is 0 Å². The van der Waals surface area contributed by atoms with E-state index in [9.17, 15) is 0 Å². The van der Waals surface area contributed by atoms with E-state index < -0.39 is 0 Å². The van der Waals surface area contributed by atoms with Crippen LogP contribution in [0.2, 0.25) is 0 Å². The van der Waals surface area contributed by atoms with Crippen molar-refractivity contribution in [2.45, 2.75) is 25.7 Å². The summed E-state index contributed by atoms with van der Waals surface area (Å²) in [7, 11) is 0. The molecule has 3 aromatic rings. The summed E-state index contributed by atoms with van der Waals surface area (Å²) in [5.41, 5.74) is 5.72. The van der Waals surface area contributed by atoms with E-state index in [2.05, 4.69) is 66.1 Å². The molecule has 0 spiro atoms. The van der Waals surface area contributed by atoms with Crippen molar-refractivity contribution in [2.24, 2.45) is 0 Å². The largest absolute Gasteiger partial charge is 0.313 e. The van der Waals surface area contributed by atoms with Gasteiger partial charge in [0.15, 0.2) is 0 Å². The zero-order valence-electron chi connectivity index (χ0n) is 11.1. The van der Waals surface area contributed by atoms with Gasteiger partial charge in [-0.25, -0.2) is 0 Å². The quantitative estimate of drug-likeness (QED) is 0.588. The monoisotopic (exact) mass is 247 g/mol. The van der Waals surface area contributed by atoms with Gasteiger partial charge in [-0.1, -0.05) is 43.3 Å². The second-order valence-corrected chi connectivity index (χ2v) is 5.49. The molecule has 0 aliphatic heterocycles. The van der Waals surface area contributed by atoms with Crippen molar-refractivity contribution in [1.29, 1.82) is 0 Å². The molecule has 1 atom stereocenters. The van der Waals surface area contributed by atoms with Crippen molar-refractivity contribution < 1.29 is 0 Å². The first-order valence-corrected chi connectivity index (χ1v) is 7.04. The van der Waals surface area contributed by atoms with Crippen LogP contribution in [0.4, 0.5) is 0 Å². The molecule has 0 bridgehead atoms. The van der Waals surface area contributed by atoms with Gasteiger partial charge < -0.3 is 4.57 Å². The van der Waals surface area contributed by atoms with Crippen molar-refractivity contribution in [2.75, 3.05) is 0 Å². The van der Waals surface area contributed by atoms with Crippen molar-refractivity contribution in [3.05, 3.63) is 65.9 Å². The van der Waals surface area contributed by atoms with Crippen LogP contribution >= 0.6 is 0 Å². The van der Waals surface area contributed by atoms with Crippen LogP contribution in [0.15, 0.2) is 54.6 Å². The number of fused-ring (bicyclic) bond motifs is 3. The first-order valence-electron chi connectivity index (χ1n) is 7.04. The Kier molecular flexibility index (Phi) is 2.28. The molecule has 0 amide bonds. The molecule has 94 valence electrons. The molecule has 4 rings (SSSR count). The topological polar surface area (TPSA) is 4.93 Å². The van der Waals surface area contributed by atoms with E-state index in [0.717, 1.165) is 0 Å². The van der Waals surface area contributed by atoms with Gasteiger partial charge in [0.05, 0.1) is 5.52 Å². The predicted octanol–water partition coefficient (Wildman–Crippen LogP) is 4.68. The number of hydrogen-bond acceptors (Lipinski definition) is 0. The van der Waals surface area contributed by atoms with Gasteiger partial charge in [-0.05, 0) is 42.5 Å². The second-order valence-electron chi connectivity index (χ2n) is 5.49. The van der Waals surface area contributed by atoms with Crippen molar-refractivity contribution >= 4 is 10.9 Å². The molecule has 1 aliphatic carbocycles. The average molecular weight is 247 g/mol. The number of aryl methyl sites for hydroxylation is 1. The minimum atomic E-state index is 0.655. The van der Waals surface area contributed by atoms with Crippen LogP contribution in [-0.2, 0) is 6.42 Å². The highest BCUT2D eigenvalue weighted by Crippen LogP contribution is 2.41.